The minimum absolute atomic E-state index is 0.130. The maximum atomic E-state index is 12.3. The van der Waals surface area contributed by atoms with Gasteiger partial charge in [-0.25, -0.2) is 4.79 Å². The fourth-order valence-corrected chi connectivity index (χ4v) is 2.35. The molecule has 0 unspecified atom stereocenters. The first-order valence-corrected chi connectivity index (χ1v) is 6.77. The molecule has 0 spiro atoms. The Kier molecular flexibility index (Phi) is 3.76. The molecule has 23 heavy (non-hydrogen) atoms. The quantitative estimate of drug-likeness (QED) is 0.722. The number of benzene rings is 1. The number of carbonyl (C=O) groups excluding carboxylic acids is 2. The van der Waals surface area contributed by atoms with Gasteiger partial charge in [0.05, 0.1) is 37.1 Å². The van der Waals surface area contributed by atoms with Crippen LogP contribution in [0.1, 0.15) is 21.0 Å². The molecule has 118 valence electrons. The monoisotopic (exact) mass is 314 g/mol. The molecule has 7 heteroatoms. The Labute approximate surface area is 131 Å². The number of esters is 1. The first-order valence-electron chi connectivity index (χ1n) is 6.77. The van der Waals surface area contributed by atoms with E-state index in [1.54, 1.807) is 24.3 Å². The van der Waals surface area contributed by atoms with Gasteiger partial charge in [0.15, 0.2) is 5.76 Å². The van der Waals surface area contributed by atoms with E-state index in [0.717, 1.165) is 0 Å². The van der Waals surface area contributed by atoms with E-state index in [-0.39, 0.29) is 17.1 Å². The molecule has 1 aromatic carbocycles. The van der Waals surface area contributed by atoms with Crippen molar-refractivity contribution in [1.29, 1.82) is 0 Å². The van der Waals surface area contributed by atoms with Crippen LogP contribution in [-0.4, -0.2) is 31.1 Å². The molecule has 7 nitrogen and oxygen atoms in total. The number of hydrogen-bond donors (Lipinski definition) is 2. The van der Waals surface area contributed by atoms with Crippen LogP contribution < -0.4 is 10.1 Å². The second kappa shape index (κ2) is 5.88. The third-order valence-electron chi connectivity index (χ3n) is 3.38. The topological polar surface area (TPSA) is 93.6 Å². The van der Waals surface area contributed by atoms with Crippen LogP contribution in [0.4, 0.5) is 5.69 Å². The molecule has 3 aromatic rings. The molecule has 2 N–H and O–H groups in total. The number of amides is 1. The molecular weight excluding hydrogens is 300 g/mol. The SMILES string of the molecule is COC(=O)c1[nH]c2cccc(OC)c2c1NC(=O)c1ccco1. The van der Waals surface area contributed by atoms with Gasteiger partial charge in [0.25, 0.3) is 5.91 Å². The standard InChI is InChI=1S/C16H14N2O5/c1-21-10-6-3-5-9-12(10)13(14(17-9)16(20)22-2)18-15(19)11-7-4-8-23-11/h3-8,17H,1-2H3,(H,18,19). The molecule has 2 heterocycles. The van der Waals surface area contributed by atoms with Gasteiger partial charge in [0.1, 0.15) is 11.4 Å². The summed E-state index contributed by atoms with van der Waals surface area (Å²) in [6, 6.07) is 8.41. The molecule has 0 saturated carbocycles. The number of aromatic nitrogens is 1. The van der Waals surface area contributed by atoms with E-state index in [1.165, 1.54) is 26.5 Å². The van der Waals surface area contributed by atoms with E-state index in [0.29, 0.717) is 16.7 Å². The van der Waals surface area contributed by atoms with Crippen LogP contribution in [0.5, 0.6) is 5.75 Å². The van der Waals surface area contributed by atoms with Gasteiger partial charge in [-0.3, -0.25) is 4.79 Å². The lowest BCUT2D eigenvalue weighted by Gasteiger charge is -2.07. The smallest absolute Gasteiger partial charge is 0.356 e. The minimum atomic E-state index is -0.599. The molecular formula is C16H14N2O5. The van der Waals surface area contributed by atoms with Crippen LogP contribution in [0.25, 0.3) is 10.9 Å². The number of nitrogens with one attached hydrogen (secondary N) is 2. The molecule has 0 radical (unpaired) electrons. The summed E-state index contributed by atoms with van der Waals surface area (Å²) in [4.78, 5) is 27.2. The lowest BCUT2D eigenvalue weighted by molar-refractivity contribution is 0.0596. The zero-order chi connectivity index (χ0) is 16.4. The molecule has 0 aliphatic heterocycles. The lowest BCUT2D eigenvalue weighted by atomic mass is 10.2. The summed E-state index contributed by atoms with van der Waals surface area (Å²) in [7, 11) is 2.78. The highest BCUT2D eigenvalue weighted by molar-refractivity contribution is 6.15. The van der Waals surface area contributed by atoms with Gasteiger partial charge < -0.3 is 24.2 Å². The van der Waals surface area contributed by atoms with Crippen LogP contribution in [-0.2, 0) is 4.74 Å². The fourth-order valence-electron chi connectivity index (χ4n) is 2.35. The molecule has 0 saturated heterocycles. The van der Waals surface area contributed by atoms with Gasteiger partial charge in [0, 0.05) is 0 Å². The van der Waals surface area contributed by atoms with Crippen molar-refractivity contribution in [2.45, 2.75) is 0 Å². The Bertz CT molecular complexity index is 864. The van der Waals surface area contributed by atoms with Gasteiger partial charge in [0.2, 0.25) is 0 Å². The summed E-state index contributed by atoms with van der Waals surface area (Å²) in [5, 5.41) is 3.26. The molecule has 0 aliphatic rings. The number of anilines is 1. The Morgan fingerprint density at radius 1 is 1.17 bits per heavy atom. The second-order valence-corrected chi connectivity index (χ2v) is 4.68. The molecule has 2 aromatic heterocycles. The summed E-state index contributed by atoms with van der Waals surface area (Å²) >= 11 is 0. The maximum Gasteiger partial charge on any atom is 0.356 e. The third-order valence-corrected chi connectivity index (χ3v) is 3.38. The summed E-state index contributed by atoms with van der Waals surface area (Å²) < 4.78 is 15.2. The van der Waals surface area contributed by atoms with Crippen molar-refractivity contribution in [2.75, 3.05) is 19.5 Å². The highest BCUT2D eigenvalue weighted by Crippen LogP contribution is 2.35. The zero-order valence-corrected chi connectivity index (χ0v) is 12.5. The van der Waals surface area contributed by atoms with Crippen molar-refractivity contribution in [1.82, 2.24) is 4.98 Å². The van der Waals surface area contributed by atoms with E-state index in [4.69, 9.17) is 13.9 Å². The largest absolute Gasteiger partial charge is 0.496 e. The number of aromatic amines is 1. The zero-order valence-electron chi connectivity index (χ0n) is 12.5. The Hall–Kier alpha value is -3.22. The van der Waals surface area contributed by atoms with Crippen molar-refractivity contribution in [3.63, 3.8) is 0 Å². The number of methoxy groups -OCH3 is 2. The highest BCUT2D eigenvalue weighted by atomic mass is 16.5. The Morgan fingerprint density at radius 2 is 2.00 bits per heavy atom. The van der Waals surface area contributed by atoms with Gasteiger partial charge in [-0.2, -0.15) is 0 Å². The van der Waals surface area contributed by atoms with Crippen LogP contribution in [0, 0.1) is 0 Å². The number of fused-ring (bicyclic) bond motifs is 1. The van der Waals surface area contributed by atoms with Gasteiger partial charge in [-0.05, 0) is 24.3 Å². The summed E-state index contributed by atoms with van der Waals surface area (Å²) in [5.41, 5.74) is 1.05. The van der Waals surface area contributed by atoms with E-state index in [1.807, 2.05) is 0 Å². The first kappa shape index (κ1) is 14.7. The van der Waals surface area contributed by atoms with Crippen LogP contribution in [0.2, 0.25) is 0 Å². The van der Waals surface area contributed by atoms with Crippen molar-refractivity contribution < 1.29 is 23.5 Å². The maximum absolute atomic E-state index is 12.3. The predicted octanol–water partition coefficient (Wildman–Crippen LogP) is 2.81. The van der Waals surface area contributed by atoms with E-state index in [9.17, 15) is 9.59 Å². The van der Waals surface area contributed by atoms with Crippen molar-refractivity contribution in [3.05, 3.63) is 48.0 Å². The number of ether oxygens (including phenoxy) is 2. The summed E-state index contributed by atoms with van der Waals surface area (Å²) in [5.74, 6) is -0.432. The Balaban J connectivity index is 2.15. The normalized spacial score (nSPS) is 10.5. The molecule has 0 bridgehead atoms. The second-order valence-electron chi connectivity index (χ2n) is 4.68. The molecule has 0 fully saturated rings. The van der Waals surface area contributed by atoms with Crippen LogP contribution in [0.3, 0.4) is 0 Å². The number of carbonyl (C=O) groups is 2. The molecule has 0 aliphatic carbocycles. The summed E-state index contributed by atoms with van der Waals surface area (Å²) in [6.45, 7) is 0. The van der Waals surface area contributed by atoms with Crippen molar-refractivity contribution in [3.8, 4) is 5.75 Å². The summed E-state index contributed by atoms with van der Waals surface area (Å²) in [6.07, 6.45) is 1.39. The Morgan fingerprint density at radius 3 is 2.65 bits per heavy atom. The van der Waals surface area contributed by atoms with E-state index >= 15 is 0 Å². The molecule has 3 rings (SSSR count). The molecule has 1 amide bonds. The van der Waals surface area contributed by atoms with Crippen LogP contribution >= 0.6 is 0 Å². The van der Waals surface area contributed by atoms with Gasteiger partial charge in [-0.1, -0.05) is 6.07 Å². The average Bonchev–Trinajstić information content (AvgIpc) is 3.22. The van der Waals surface area contributed by atoms with Crippen molar-refractivity contribution in [2.24, 2.45) is 0 Å². The van der Waals surface area contributed by atoms with Gasteiger partial charge >= 0.3 is 5.97 Å². The molecule has 0 atom stereocenters. The van der Waals surface area contributed by atoms with Crippen LogP contribution in [0.15, 0.2) is 41.0 Å². The average molecular weight is 314 g/mol. The fraction of sp³-hybridized carbons (Fsp3) is 0.125. The number of furan rings is 1. The third kappa shape index (κ3) is 2.52. The first-order chi connectivity index (χ1) is 11.2. The lowest BCUT2D eigenvalue weighted by Crippen LogP contribution is -2.14. The number of rotatable bonds is 4. The minimum Gasteiger partial charge on any atom is -0.496 e. The van der Waals surface area contributed by atoms with Crippen molar-refractivity contribution >= 4 is 28.5 Å². The van der Waals surface area contributed by atoms with E-state index in [2.05, 4.69) is 10.3 Å². The number of hydrogen-bond acceptors (Lipinski definition) is 5. The number of H-pyrrole nitrogens is 1. The highest BCUT2D eigenvalue weighted by Gasteiger charge is 2.23. The predicted molar refractivity (Wildman–Crippen MR) is 82.9 cm³/mol. The van der Waals surface area contributed by atoms with E-state index < -0.39 is 11.9 Å². The van der Waals surface area contributed by atoms with Gasteiger partial charge in [-0.15, -0.1) is 0 Å².